The molecule has 0 atom stereocenters. The van der Waals surface area contributed by atoms with E-state index < -0.39 is 5.91 Å². The van der Waals surface area contributed by atoms with Gasteiger partial charge in [0.05, 0.1) is 29.4 Å². The van der Waals surface area contributed by atoms with Crippen LogP contribution in [0.25, 0.3) is 0 Å². The first-order valence-corrected chi connectivity index (χ1v) is 8.57. The summed E-state index contributed by atoms with van der Waals surface area (Å²) in [5.41, 5.74) is 6.43. The van der Waals surface area contributed by atoms with Gasteiger partial charge in [-0.2, -0.15) is 0 Å². The molecule has 26 heavy (non-hydrogen) atoms. The van der Waals surface area contributed by atoms with Crippen molar-refractivity contribution < 1.29 is 14.3 Å². The smallest absolute Gasteiger partial charge is 0.243 e. The summed E-state index contributed by atoms with van der Waals surface area (Å²) in [6, 6.07) is 12.1. The average Bonchev–Trinajstić information content (AvgIpc) is 2.62. The van der Waals surface area contributed by atoms with E-state index in [-0.39, 0.29) is 23.9 Å². The lowest BCUT2D eigenvalue weighted by Crippen LogP contribution is -2.35. The quantitative estimate of drug-likeness (QED) is 0.717. The maximum atomic E-state index is 12.4. The minimum absolute atomic E-state index is 0.0163. The second kappa shape index (κ2) is 9.31. The van der Waals surface area contributed by atoms with Crippen LogP contribution in [-0.2, 0) is 9.59 Å². The Morgan fingerprint density at radius 2 is 1.85 bits per heavy atom. The summed E-state index contributed by atoms with van der Waals surface area (Å²) in [5.74, 6) is -0.0463. The number of halogens is 2. The number of carbonyl (C=O) groups is 2. The molecule has 0 aromatic heterocycles. The third-order valence-corrected chi connectivity index (χ3v) is 4.44. The van der Waals surface area contributed by atoms with E-state index in [0.29, 0.717) is 23.0 Å². The van der Waals surface area contributed by atoms with Crippen molar-refractivity contribution in [3.63, 3.8) is 0 Å². The molecular weight excluding hydrogens is 377 g/mol. The van der Waals surface area contributed by atoms with E-state index >= 15 is 0 Å². The van der Waals surface area contributed by atoms with E-state index in [1.807, 2.05) is 0 Å². The molecule has 8 heteroatoms. The topological polar surface area (TPSA) is 84.7 Å². The third kappa shape index (κ3) is 5.54. The first-order chi connectivity index (χ1) is 12.4. The Balaban J connectivity index is 2.12. The van der Waals surface area contributed by atoms with Gasteiger partial charge < -0.3 is 20.7 Å². The Hall–Kier alpha value is -2.44. The summed E-state index contributed by atoms with van der Waals surface area (Å²) in [5, 5.41) is 3.35. The van der Waals surface area contributed by atoms with Gasteiger partial charge in [0.1, 0.15) is 5.75 Å². The summed E-state index contributed by atoms with van der Waals surface area (Å²) < 4.78 is 5.13. The van der Waals surface area contributed by atoms with Gasteiger partial charge in [-0.25, -0.2) is 0 Å². The van der Waals surface area contributed by atoms with E-state index in [2.05, 4.69) is 5.32 Å². The number of ether oxygens (including phenoxy) is 1. The van der Waals surface area contributed by atoms with Gasteiger partial charge >= 0.3 is 0 Å². The molecule has 2 amide bonds. The van der Waals surface area contributed by atoms with Gasteiger partial charge in [0.2, 0.25) is 11.8 Å². The molecule has 0 saturated heterocycles. The van der Waals surface area contributed by atoms with Crippen LogP contribution in [0, 0.1) is 0 Å². The number of carbonyl (C=O) groups excluding carboxylic acids is 2. The van der Waals surface area contributed by atoms with E-state index in [0.717, 1.165) is 5.69 Å². The van der Waals surface area contributed by atoms with Crippen molar-refractivity contribution in [3.8, 4) is 5.75 Å². The van der Waals surface area contributed by atoms with Gasteiger partial charge in [0.25, 0.3) is 0 Å². The highest BCUT2D eigenvalue weighted by Gasteiger charge is 2.15. The lowest BCUT2D eigenvalue weighted by Gasteiger charge is -2.24. The molecule has 2 aromatic carbocycles. The molecule has 0 radical (unpaired) electrons. The molecule has 0 aliphatic heterocycles. The van der Waals surface area contributed by atoms with Gasteiger partial charge in [-0.15, -0.1) is 0 Å². The monoisotopic (exact) mass is 395 g/mol. The van der Waals surface area contributed by atoms with Crippen molar-refractivity contribution in [1.82, 2.24) is 0 Å². The largest absolute Gasteiger partial charge is 0.497 e. The number of primary amides is 1. The van der Waals surface area contributed by atoms with E-state index in [1.165, 1.54) is 0 Å². The minimum atomic E-state index is -0.443. The van der Waals surface area contributed by atoms with Gasteiger partial charge in [-0.3, -0.25) is 9.59 Å². The van der Waals surface area contributed by atoms with E-state index in [1.54, 1.807) is 54.5 Å². The fraction of sp³-hybridized carbons (Fsp3) is 0.222. The molecule has 2 rings (SSSR count). The molecule has 2 aromatic rings. The van der Waals surface area contributed by atoms with Crippen molar-refractivity contribution >= 4 is 46.4 Å². The van der Waals surface area contributed by atoms with E-state index in [4.69, 9.17) is 33.7 Å². The zero-order valence-electron chi connectivity index (χ0n) is 14.2. The van der Waals surface area contributed by atoms with E-state index in [9.17, 15) is 9.59 Å². The normalized spacial score (nSPS) is 10.3. The van der Waals surface area contributed by atoms with Crippen LogP contribution in [-0.4, -0.2) is 32.0 Å². The zero-order chi connectivity index (χ0) is 19.1. The Kier molecular flexibility index (Phi) is 7.12. The molecule has 0 spiro atoms. The average molecular weight is 396 g/mol. The summed E-state index contributed by atoms with van der Waals surface area (Å²) in [6.07, 6.45) is 0.122. The number of benzene rings is 2. The number of anilines is 2. The van der Waals surface area contributed by atoms with Crippen LogP contribution in [0.4, 0.5) is 11.4 Å². The predicted molar refractivity (Wildman–Crippen MR) is 104 cm³/mol. The van der Waals surface area contributed by atoms with Crippen molar-refractivity contribution in [2.75, 3.05) is 30.4 Å². The second-order valence-electron chi connectivity index (χ2n) is 5.49. The van der Waals surface area contributed by atoms with Crippen LogP contribution < -0.4 is 20.7 Å². The second-order valence-corrected chi connectivity index (χ2v) is 6.27. The maximum absolute atomic E-state index is 12.4. The van der Waals surface area contributed by atoms with Crippen LogP contribution in [0.1, 0.15) is 6.42 Å². The first kappa shape index (κ1) is 19.9. The standard InChI is InChI=1S/C18H19Cl2N3O3/c1-26-13-7-5-12(6-8-13)23(10-9-16(21)24)11-17(25)22-15-4-2-3-14(19)18(15)20/h2-8H,9-11H2,1H3,(H2,21,24)(H,22,25). The van der Waals surface area contributed by atoms with Gasteiger partial charge in [-0.1, -0.05) is 29.3 Å². The summed E-state index contributed by atoms with van der Waals surface area (Å²) in [6.45, 7) is 0.320. The van der Waals surface area contributed by atoms with Crippen LogP contribution in [0.5, 0.6) is 5.75 Å². The fourth-order valence-electron chi connectivity index (χ4n) is 2.30. The number of nitrogens with zero attached hydrogens (tertiary/aromatic N) is 1. The highest BCUT2D eigenvalue weighted by atomic mass is 35.5. The molecule has 0 unspecified atom stereocenters. The summed E-state index contributed by atoms with van der Waals surface area (Å²) >= 11 is 12.0. The number of nitrogens with one attached hydrogen (secondary N) is 1. The molecule has 0 saturated carbocycles. The van der Waals surface area contributed by atoms with Gasteiger partial charge in [0.15, 0.2) is 0 Å². The SMILES string of the molecule is COc1ccc(N(CCC(N)=O)CC(=O)Nc2cccc(Cl)c2Cl)cc1. The van der Waals surface area contributed by atoms with Crippen molar-refractivity contribution in [3.05, 3.63) is 52.5 Å². The summed E-state index contributed by atoms with van der Waals surface area (Å²) in [7, 11) is 1.57. The lowest BCUT2D eigenvalue weighted by molar-refractivity contribution is -0.118. The number of rotatable bonds is 8. The molecule has 0 heterocycles. The van der Waals surface area contributed by atoms with Crippen molar-refractivity contribution in [2.45, 2.75) is 6.42 Å². The molecular formula is C18H19Cl2N3O3. The molecule has 3 N–H and O–H groups in total. The Morgan fingerprint density at radius 1 is 1.15 bits per heavy atom. The highest BCUT2D eigenvalue weighted by Crippen LogP contribution is 2.29. The first-order valence-electron chi connectivity index (χ1n) is 7.82. The van der Waals surface area contributed by atoms with Crippen LogP contribution in [0.2, 0.25) is 10.0 Å². The number of methoxy groups -OCH3 is 1. The highest BCUT2D eigenvalue weighted by molar-refractivity contribution is 6.44. The van der Waals surface area contributed by atoms with Crippen molar-refractivity contribution in [1.29, 1.82) is 0 Å². The van der Waals surface area contributed by atoms with Crippen LogP contribution in [0.3, 0.4) is 0 Å². The zero-order valence-corrected chi connectivity index (χ0v) is 15.7. The summed E-state index contributed by atoms with van der Waals surface area (Å²) in [4.78, 5) is 25.3. The molecule has 0 fully saturated rings. The molecule has 6 nitrogen and oxygen atoms in total. The lowest BCUT2D eigenvalue weighted by atomic mass is 10.2. The molecule has 138 valence electrons. The molecule has 0 bridgehead atoms. The van der Waals surface area contributed by atoms with Crippen LogP contribution >= 0.6 is 23.2 Å². The van der Waals surface area contributed by atoms with Crippen LogP contribution in [0.15, 0.2) is 42.5 Å². The number of amides is 2. The Bertz CT molecular complexity index is 782. The Morgan fingerprint density at radius 3 is 2.46 bits per heavy atom. The van der Waals surface area contributed by atoms with Gasteiger partial charge in [-0.05, 0) is 36.4 Å². The fourth-order valence-corrected chi connectivity index (χ4v) is 2.65. The third-order valence-electron chi connectivity index (χ3n) is 3.63. The number of hydrogen-bond donors (Lipinski definition) is 2. The number of nitrogens with two attached hydrogens (primary N) is 1. The maximum Gasteiger partial charge on any atom is 0.243 e. The van der Waals surface area contributed by atoms with Gasteiger partial charge in [0, 0.05) is 18.7 Å². The molecule has 0 aliphatic carbocycles. The molecule has 0 aliphatic rings. The Labute approximate surface area is 161 Å². The number of hydrogen-bond acceptors (Lipinski definition) is 4. The minimum Gasteiger partial charge on any atom is -0.497 e. The van der Waals surface area contributed by atoms with Crippen molar-refractivity contribution in [2.24, 2.45) is 5.73 Å². The predicted octanol–water partition coefficient (Wildman–Crippen LogP) is 3.32.